The molecule has 0 unspecified atom stereocenters. The maximum Gasteiger partial charge on any atom is 0.132 e. The summed E-state index contributed by atoms with van der Waals surface area (Å²) in [6, 6.07) is 11.5. The van der Waals surface area contributed by atoms with E-state index in [2.05, 4.69) is 20.9 Å². The van der Waals surface area contributed by atoms with Crippen molar-refractivity contribution in [1.82, 2.24) is 19.7 Å². The molecule has 7 nitrogen and oxygen atoms in total. The van der Waals surface area contributed by atoms with Gasteiger partial charge in [0.15, 0.2) is 0 Å². The molecule has 1 aliphatic heterocycles. The van der Waals surface area contributed by atoms with E-state index in [-0.39, 0.29) is 6.61 Å². The van der Waals surface area contributed by atoms with Crippen molar-refractivity contribution < 1.29 is 5.11 Å². The van der Waals surface area contributed by atoms with E-state index in [4.69, 9.17) is 34.0 Å². The van der Waals surface area contributed by atoms with Crippen LogP contribution in [0.5, 0.6) is 0 Å². The molecule has 3 N–H and O–H groups in total. The number of hydrogen-bond donors (Lipinski definition) is 2. The third-order valence-electron chi connectivity index (χ3n) is 6.02. The van der Waals surface area contributed by atoms with Gasteiger partial charge in [0, 0.05) is 59.5 Å². The maximum atomic E-state index is 9.45. The van der Waals surface area contributed by atoms with Gasteiger partial charge in [-0.3, -0.25) is 4.68 Å². The number of hydrogen-bond acceptors (Lipinski definition) is 6. The minimum Gasteiger partial charge on any atom is -0.394 e. The number of aromatic nitrogens is 4. The molecule has 0 amide bonds. The standard InChI is InChI=1S/C25H24Cl2N6O/c26-21-5-3-4-18(23(21)27)20-15-33(10-11-34)31-24(20)19-12-17(14-30-25(19)28)16-6-7-22(29-13-16)32-8-1-2-9-32/h3-7,12-15,34H,1-2,8-11H2,(H2,28,30). The quantitative estimate of drug-likeness (QED) is 0.384. The van der Waals surface area contributed by atoms with Crippen LogP contribution < -0.4 is 10.6 Å². The topological polar surface area (TPSA) is 93.1 Å². The molecule has 1 aromatic carbocycles. The van der Waals surface area contributed by atoms with E-state index in [9.17, 15) is 5.11 Å². The number of aliphatic hydroxyl groups is 1. The Labute approximate surface area is 207 Å². The lowest BCUT2D eigenvalue weighted by Crippen LogP contribution is -2.18. The Hall–Kier alpha value is -3.13. The smallest absolute Gasteiger partial charge is 0.132 e. The predicted molar refractivity (Wildman–Crippen MR) is 137 cm³/mol. The van der Waals surface area contributed by atoms with Gasteiger partial charge in [0.05, 0.1) is 23.2 Å². The molecule has 34 heavy (non-hydrogen) atoms. The summed E-state index contributed by atoms with van der Waals surface area (Å²) in [6.07, 6.45) is 7.85. The van der Waals surface area contributed by atoms with Crippen molar-refractivity contribution >= 4 is 34.8 Å². The van der Waals surface area contributed by atoms with E-state index in [1.165, 1.54) is 12.8 Å². The van der Waals surface area contributed by atoms with Crippen molar-refractivity contribution in [2.24, 2.45) is 0 Å². The summed E-state index contributed by atoms with van der Waals surface area (Å²) in [5, 5.41) is 15.0. The Balaban J connectivity index is 1.58. The number of pyridine rings is 2. The highest BCUT2D eigenvalue weighted by atomic mass is 35.5. The summed E-state index contributed by atoms with van der Waals surface area (Å²) in [6.45, 7) is 2.38. The van der Waals surface area contributed by atoms with Gasteiger partial charge in [-0.15, -0.1) is 0 Å². The summed E-state index contributed by atoms with van der Waals surface area (Å²) < 4.78 is 1.67. The van der Waals surface area contributed by atoms with Crippen molar-refractivity contribution in [2.45, 2.75) is 19.4 Å². The van der Waals surface area contributed by atoms with Gasteiger partial charge in [-0.1, -0.05) is 35.3 Å². The molecular weight excluding hydrogens is 471 g/mol. The Bertz CT molecular complexity index is 1320. The highest BCUT2D eigenvalue weighted by Gasteiger charge is 2.20. The van der Waals surface area contributed by atoms with Crippen LogP contribution >= 0.6 is 23.2 Å². The average molecular weight is 495 g/mol. The zero-order valence-corrected chi connectivity index (χ0v) is 20.0. The third-order valence-corrected chi connectivity index (χ3v) is 6.84. The normalized spacial score (nSPS) is 13.6. The van der Waals surface area contributed by atoms with Crippen LogP contribution in [0.4, 0.5) is 11.6 Å². The fourth-order valence-electron chi connectivity index (χ4n) is 4.26. The largest absolute Gasteiger partial charge is 0.394 e. The second-order valence-corrected chi connectivity index (χ2v) is 9.02. The molecule has 5 rings (SSSR count). The van der Waals surface area contributed by atoms with E-state index in [0.717, 1.165) is 41.2 Å². The zero-order chi connectivity index (χ0) is 23.7. The van der Waals surface area contributed by atoms with Crippen LogP contribution in [0.3, 0.4) is 0 Å². The predicted octanol–water partition coefficient (Wildman–Crippen LogP) is 5.16. The average Bonchev–Trinajstić information content (AvgIpc) is 3.52. The van der Waals surface area contributed by atoms with Gasteiger partial charge in [0.25, 0.3) is 0 Å². The number of nitrogen functional groups attached to an aromatic ring is 1. The lowest BCUT2D eigenvalue weighted by molar-refractivity contribution is 0.269. The van der Waals surface area contributed by atoms with Crippen molar-refractivity contribution in [3.05, 3.63) is 65.0 Å². The first-order valence-corrected chi connectivity index (χ1v) is 11.9. The molecule has 1 aliphatic rings. The highest BCUT2D eigenvalue weighted by Crippen LogP contribution is 2.40. The van der Waals surface area contributed by atoms with Crippen LogP contribution in [0.1, 0.15) is 12.8 Å². The van der Waals surface area contributed by atoms with E-state index in [1.807, 2.05) is 36.7 Å². The van der Waals surface area contributed by atoms with Crippen LogP contribution in [-0.2, 0) is 6.54 Å². The fourth-order valence-corrected chi connectivity index (χ4v) is 4.66. The van der Waals surface area contributed by atoms with Gasteiger partial charge in [-0.05, 0) is 37.1 Å². The number of aliphatic hydroxyl groups excluding tert-OH is 1. The van der Waals surface area contributed by atoms with Gasteiger partial charge in [0.1, 0.15) is 17.3 Å². The van der Waals surface area contributed by atoms with Crippen molar-refractivity contribution in [3.63, 3.8) is 0 Å². The molecule has 1 saturated heterocycles. The molecule has 0 saturated carbocycles. The number of halogens is 2. The lowest BCUT2D eigenvalue weighted by atomic mass is 10.00. The molecule has 1 fully saturated rings. The van der Waals surface area contributed by atoms with Crippen molar-refractivity contribution in [2.75, 3.05) is 30.3 Å². The molecule has 0 aliphatic carbocycles. The second kappa shape index (κ2) is 9.62. The Kier molecular flexibility index (Phi) is 6.41. The molecule has 9 heteroatoms. The fraction of sp³-hybridized carbons (Fsp3) is 0.240. The minimum absolute atomic E-state index is 0.0490. The van der Waals surface area contributed by atoms with E-state index in [0.29, 0.717) is 33.7 Å². The van der Waals surface area contributed by atoms with Crippen molar-refractivity contribution in [3.8, 4) is 33.5 Å². The highest BCUT2D eigenvalue weighted by molar-refractivity contribution is 6.43. The Morgan fingerprint density at radius 2 is 1.74 bits per heavy atom. The SMILES string of the molecule is Nc1ncc(-c2ccc(N3CCCC3)nc2)cc1-c1nn(CCO)cc1-c1cccc(Cl)c1Cl. The Morgan fingerprint density at radius 1 is 0.941 bits per heavy atom. The molecule has 4 aromatic rings. The first-order valence-electron chi connectivity index (χ1n) is 11.1. The zero-order valence-electron chi connectivity index (χ0n) is 18.5. The van der Waals surface area contributed by atoms with E-state index >= 15 is 0 Å². The van der Waals surface area contributed by atoms with E-state index < -0.39 is 0 Å². The number of nitrogens with zero attached hydrogens (tertiary/aromatic N) is 5. The Morgan fingerprint density at radius 3 is 2.47 bits per heavy atom. The number of rotatable bonds is 6. The molecule has 174 valence electrons. The monoisotopic (exact) mass is 494 g/mol. The van der Waals surface area contributed by atoms with Gasteiger partial charge < -0.3 is 15.7 Å². The summed E-state index contributed by atoms with van der Waals surface area (Å²) >= 11 is 12.8. The van der Waals surface area contributed by atoms with E-state index in [1.54, 1.807) is 16.9 Å². The molecule has 0 atom stereocenters. The molecule has 0 radical (unpaired) electrons. The maximum absolute atomic E-state index is 9.45. The van der Waals surface area contributed by atoms with Crippen LogP contribution in [0.2, 0.25) is 10.0 Å². The molecule has 3 aromatic heterocycles. The lowest BCUT2D eigenvalue weighted by Gasteiger charge is -2.16. The molecule has 0 bridgehead atoms. The van der Waals surface area contributed by atoms with Crippen LogP contribution in [0, 0.1) is 0 Å². The molecule has 0 spiro atoms. The van der Waals surface area contributed by atoms with Gasteiger partial charge in [-0.2, -0.15) is 5.10 Å². The van der Waals surface area contributed by atoms with Crippen molar-refractivity contribution in [1.29, 1.82) is 0 Å². The van der Waals surface area contributed by atoms with Crippen LogP contribution in [0.15, 0.2) is 55.0 Å². The molecular formula is C25H24Cl2N6O. The second-order valence-electron chi connectivity index (χ2n) is 8.24. The minimum atomic E-state index is -0.0490. The number of benzene rings is 1. The summed E-state index contributed by atoms with van der Waals surface area (Å²) in [5.41, 5.74) is 10.9. The third kappa shape index (κ3) is 4.34. The summed E-state index contributed by atoms with van der Waals surface area (Å²) in [7, 11) is 0. The van der Waals surface area contributed by atoms with Gasteiger partial charge >= 0.3 is 0 Å². The van der Waals surface area contributed by atoms with Crippen LogP contribution in [-0.4, -0.2) is 44.6 Å². The molecule has 4 heterocycles. The van der Waals surface area contributed by atoms with Gasteiger partial charge in [0.2, 0.25) is 0 Å². The summed E-state index contributed by atoms with van der Waals surface area (Å²) in [5.74, 6) is 1.34. The number of nitrogens with two attached hydrogens (primary N) is 1. The van der Waals surface area contributed by atoms with Gasteiger partial charge in [-0.25, -0.2) is 9.97 Å². The first kappa shape index (κ1) is 22.7. The summed E-state index contributed by atoms with van der Waals surface area (Å²) in [4.78, 5) is 11.4. The first-order chi connectivity index (χ1) is 16.5. The van der Waals surface area contributed by atoms with Crippen LogP contribution in [0.25, 0.3) is 33.5 Å². The number of anilines is 2.